The minimum Gasteiger partial charge on any atom is -0.481 e. The van der Waals surface area contributed by atoms with Gasteiger partial charge in [0, 0.05) is 10.6 Å². The molecule has 5 nitrogen and oxygen atoms in total. The molecule has 0 aliphatic heterocycles. The van der Waals surface area contributed by atoms with Gasteiger partial charge in [0.2, 0.25) is 5.78 Å². The molecule has 0 amide bonds. The van der Waals surface area contributed by atoms with Gasteiger partial charge in [0.15, 0.2) is 0 Å². The minimum atomic E-state index is -1.13. The number of halogens is 2. The SMILES string of the molecule is CC1(CC(=O)O)C(=NO)C(=O)c2cc(Cl)ccc21.Cl. The number of benzene rings is 1. The van der Waals surface area contributed by atoms with Gasteiger partial charge >= 0.3 is 5.97 Å². The zero-order chi connectivity index (χ0) is 13.5. The number of rotatable bonds is 2. The summed E-state index contributed by atoms with van der Waals surface area (Å²) >= 11 is 5.81. The molecule has 1 aliphatic carbocycles. The number of aliphatic carboxylic acids is 1. The molecule has 0 saturated carbocycles. The van der Waals surface area contributed by atoms with Crippen LogP contribution in [0.5, 0.6) is 0 Å². The quantitative estimate of drug-likeness (QED) is 0.649. The van der Waals surface area contributed by atoms with Crippen LogP contribution in [0.25, 0.3) is 0 Å². The molecule has 0 heterocycles. The highest BCUT2D eigenvalue weighted by Gasteiger charge is 2.48. The van der Waals surface area contributed by atoms with E-state index < -0.39 is 17.2 Å². The van der Waals surface area contributed by atoms with Crippen molar-refractivity contribution in [2.45, 2.75) is 18.8 Å². The Labute approximate surface area is 120 Å². The average molecular weight is 304 g/mol. The highest BCUT2D eigenvalue weighted by atomic mass is 35.5. The van der Waals surface area contributed by atoms with Gasteiger partial charge in [-0.2, -0.15) is 0 Å². The van der Waals surface area contributed by atoms with Gasteiger partial charge in [-0.1, -0.05) is 22.8 Å². The molecule has 2 N–H and O–H groups in total. The maximum atomic E-state index is 12.0. The topological polar surface area (TPSA) is 87.0 Å². The summed E-state index contributed by atoms with van der Waals surface area (Å²) in [6.45, 7) is 1.56. The van der Waals surface area contributed by atoms with Gasteiger partial charge in [-0.25, -0.2) is 0 Å². The van der Waals surface area contributed by atoms with E-state index in [0.717, 1.165) is 0 Å². The number of carbonyl (C=O) groups is 2. The number of carbonyl (C=O) groups excluding carboxylic acids is 1. The molecule has 0 aromatic heterocycles. The molecule has 0 spiro atoms. The predicted octanol–water partition coefficient (Wildman–Crippen LogP) is 2.52. The van der Waals surface area contributed by atoms with Gasteiger partial charge in [-0.05, 0) is 24.6 Å². The fraction of sp³-hybridized carbons (Fsp3) is 0.250. The van der Waals surface area contributed by atoms with E-state index >= 15 is 0 Å². The lowest BCUT2D eigenvalue weighted by Gasteiger charge is -2.22. The molecular formula is C12H11Cl2NO4. The standard InChI is InChI=1S/C12H10ClNO4.ClH/c1-12(5-9(15)16)8-3-2-6(13)4-7(8)10(17)11(12)14-18;/h2-4,18H,5H2,1H3,(H,15,16);1H. The van der Waals surface area contributed by atoms with Crippen LogP contribution in [-0.4, -0.2) is 27.8 Å². The summed E-state index contributed by atoms with van der Waals surface area (Å²) in [6, 6.07) is 4.63. The average Bonchev–Trinajstić information content (AvgIpc) is 2.46. The summed E-state index contributed by atoms with van der Waals surface area (Å²) in [5.41, 5.74) is -0.481. The van der Waals surface area contributed by atoms with Gasteiger partial charge in [-0.15, -0.1) is 12.4 Å². The van der Waals surface area contributed by atoms with Crippen molar-refractivity contribution in [1.82, 2.24) is 0 Å². The Morgan fingerprint density at radius 1 is 1.47 bits per heavy atom. The van der Waals surface area contributed by atoms with Crippen LogP contribution in [0.3, 0.4) is 0 Å². The third-order valence-electron chi connectivity index (χ3n) is 3.16. The lowest BCUT2D eigenvalue weighted by atomic mass is 9.79. The molecular weight excluding hydrogens is 293 g/mol. The highest BCUT2D eigenvalue weighted by Crippen LogP contribution is 2.40. The monoisotopic (exact) mass is 303 g/mol. The van der Waals surface area contributed by atoms with Crippen LogP contribution < -0.4 is 0 Å². The lowest BCUT2D eigenvalue weighted by Crippen LogP contribution is -2.33. The van der Waals surface area contributed by atoms with Crippen molar-refractivity contribution in [2.24, 2.45) is 5.16 Å². The molecule has 19 heavy (non-hydrogen) atoms. The smallest absolute Gasteiger partial charge is 0.304 e. The van der Waals surface area contributed by atoms with Crippen molar-refractivity contribution in [3.63, 3.8) is 0 Å². The van der Waals surface area contributed by atoms with Crippen LogP contribution >= 0.6 is 24.0 Å². The Morgan fingerprint density at radius 2 is 2.11 bits per heavy atom. The van der Waals surface area contributed by atoms with Crippen LogP contribution in [-0.2, 0) is 10.2 Å². The zero-order valence-electron chi connectivity index (χ0n) is 9.88. The molecule has 1 atom stereocenters. The van der Waals surface area contributed by atoms with Gasteiger partial charge in [0.1, 0.15) is 5.71 Å². The number of carboxylic acid groups (broad SMARTS) is 1. The summed E-state index contributed by atoms with van der Waals surface area (Å²) in [5, 5.41) is 21.3. The summed E-state index contributed by atoms with van der Waals surface area (Å²) in [4.78, 5) is 23.0. The van der Waals surface area contributed by atoms with Crippen LogP contribution in [0.2, 0.25) is 5.02 Å². The Balaban J connectivity index is 0.00000180. The van der Waals surface area contributed by atoms with Crippen molar-refractivity contribution >= 4 is 41.5 Å². The second kappa shape index (κ2) is 5.19. The van der Waals surface area contributed by atoms with Crippen LogP contribution in [0, 0.1) is 0 Å². The zero-order valence-corrected chi connectivity index (χ0v) is 11.5. The highest BCUT2D eigenvalue weighted by molar-refractivity contribution is 6.52. The number of fused-ring (bicyclic) bond motifs is 1. The first-order valence-electron chi connectivity index (χ1n) is 5.19. The second-order valence-electron chi connectivity index (χ2n) is 4.37. The second-order valence-corrected chi connectivity index (χ2v) is 4.81. The number of hydrogen-bond donors (Lipinski definition) is 2. The number of carboxylic acids is 1. The molecule has 102 valence electrons. The molecule has 1 aromatic carbocycles. The van der Waals surface area contributed by atoms with E-state index in [0.29, 0.717) is 16.1 Å². The van der Waals surface area contributed by atoms with Crippen molar-refractivity contribution in [2.75, 3.05) is 0 Å². The number of Topliss-reactive ketones (excluding diaryl/α,β-unsaturated/α-hetero) is 1. The summed E-state index contributed by atoms with van der Waals surface area (Å²) in [7, 11) is 0. The molecule has 1 aliphatic rings. The van der Waals surface area contributed by atoms with E-state index in [9.17, 15) is 9.59 Å². The molecule has 0 fully saturated rings. The Kier molecular flexibility index (Phi) is 4.22. The van der Waals surface area contributed by atoms with Crippen LogP contribution in [0.4, 0.5) is 0 Å². The van der Waals surface area contributed by atoms with Crippen LogP contribution in [0.1, 0.15) is 29.3 Å². The Morgan fingerprint density at radius 3 is 2.63 bits per heavy atom. The number of ketones is 1. The maximum absolute atomic E-state index is 12.0. The summed E-state index contributed by atoms with van der Waals surface area (Å²) in [6.07, 6.45) is -0.327. The van der Waals surface area contributed by atoms with E-state index in [4.69, 9.17) is 21.9 Å². The minimum absolute atomic E-state index is 0. The van der Waals surface area contributed by atoms with Crippen molar-refractivity contribution in [3.05, 3.63) is 34.3 Å². The summed E-state index contributed by atoms with van der Waals surface area (Å²) < 4.78 is 0. The Hall–Kier alpha value is -1.59. The van der Waals surface area contributed by atoms with Crippen molar-refractivity contribution in [3.8, 4) is 0 Å². The van der Waals surface area contributed by atoms with E-state index in [2.05, 4.69) is 5.16 Å². The maximum Gasteiger partial charge on any atom is 0.304 e. The third-order valence-corrected chi connectivity index (χ3v) is 3.40. The van der Waals surface area contributed by atoms with Gasteiger partial charge in [0.05, 0.1) is 11.8 Å². The first-order valence-corrected chi connectivity index (χ1v) is 5.57. The largest absolute Gasteiger partial charge is 0.481 e. The molecule has 1 unspecified atom stereocenters. The Bertz CT molecular complexity index is 585. The van der Waals surface area contributed by atoms with E-state index in [1.165, 1.54) is 6.07 Å². The fourth-order valence-electron chi connectivity index (χ4n) is 2.33. The fourth-order valence-corrected chi connectivity index (χ4v) is 2.50. The van der Waals surface area contributed by atoms with E-state index in [1.807, 2.05) is 0 Å². The first kappa shape index (κ1) is 15.5. The molecule has 0 radical (unpaired) electrons. The first-order chi connectivity index (χ1) is 8.40. The normalized spacial score (nSPS) is 23.1. The molecule has 0 saturated heterocycles. The number of oxime groups is 1. The lowest BCUT2D eigenvalue weighted by molar-refractivity contribution is -0.137. The third kappa shape index (κ3) is 2.31. The molecule has 1 aromatic rings. The van der Waals surface area contributed by atoms with Gasteiger partial charge < -0.3 is 10.3 Å². The number of hydrogen-bond acceptors (Lipinski definition) is 4. The molecule has 7 heteroatoms. The van der Waals surface area contributed by atoms with Crippen molar-refractivity contribution in [1.29, 1.82) is 0 Å². The van der Waals surface area contributed by atoms with Gasteiger partial charge in [0.25, 0.3) is 0 Å². The van der Waals surface area contributed by atoms with Gasteiger partial charge in [-0.3, -0.25) is 9.59 Å². The predicted molar refractivity (Wildman–Crippen MR) is 71.9 cm³/mol. The molecule has 2 rings (SSSR count). The summed E-state index contributed by atoms with van der Waals surface area (Å²) in [5.74, 6) is -1.56. The molecule has 0 bridgehead atoms. The number of nitrogens with zero attached hydrogens (tertiary/aromatic N) is 1. The van der Waals surface area contributed by atoms with E-state index in [1.54, 1.807) is 19.1 Å². The van der Waals surface area contributed by atoms with Crippen molar-refractivity contribution < 1.29 is 19.9 Å². The van der Waals surface area contributed by atoms with E-state index in [-0.39, 0.29) is 24.5 Å². The van der Waals surface area contributed by atoms with Crippen LogP contribution in [0.15, 0.2) is 23.4 Å².